The molecule has 0 saturated carbocycles. The molecule has 0 unspecified atom stereocenters. The smallest absolute Gasteiger partial charge is 0.258 e. The summed E-state index contributed by atoms with van der Waals surface area (Å²) >= 11 is 1.36. The van der Waals surface area contributed by atoms with E-state index in [1.807, 2.05) is 78.2 Å². The van der Waals surface area contributed by atoms with Crippen molar-refractivity contribution >= 4 is 33.3 Å². The predicted octanol–water partition coefficient (Wildman–Crippen LogP) is 6.15. The van der Waals surface area contributed by atoms with Crippen molar-refractivity contribution in [3.8, 4) is 28.6 Å². The van der Waals surface area contributed by atoms with E-state index < -0.39 is 0 Å². The molecule has 0 saturated heterocycles. The Morgan fingerprint density at radius 2 is 1.56 bits per heavy atom. The zero-order valence-corrected chi connectivity index (χ0v) is 17.6. The van der Waals surface area contributed by atoms with Gasteiger partial charge in [-0.25, -0.2) is 9.97 Å². The van der Waals surface area contributed by atoms with E-state index in [0.717, 1.165) is 33.4 Å². The molecule has 1 amide bonds. The van der Waals surface area contributed by atoms with Crippen LogP contribution in [-0.2, 0) is 0 Å². The lowest BCUT2D eigenvalue weighted by Gasteiger charge is -2.09. The molecule has 2 aromatic heterocycles. The molecule has 0 bridgehead atoms. The van der Waals surface area contributed by atoms with E-state index in [4.69, 9.17) is 10.2 Å². The first-order valence-corrected chi connectivity index (χ1v) is 10.8. The molecule has 0 aliphatic rings. The predicted molar refractivity (Wildman–Crippen MR) is 127 cm³/mol. The number of fused-ring (bicyclic) bond motifs is 1. The fourth-order valence-electron chi connectivity index (χ4n) is 3.46. The van der Waals surface area contributed by atoms with Crippen molar-refractivity contribution in [3.63, 3.8) is 0 Å². The standard InChI is InChI=1S/C26H16N4OS/c27-15-17-10-12-19(13-11-17)24-16-32-26(29-24)30-25(31)21-14-23(18-6-2-1-3-7-18)28-22-9-5-4-8-20(21)22/h1-14,16H,(H,29,30,31). The lowest BCUT2D eigenvalue weighted by molar-refractivity contribution is 0.102. The molecule has 0 spiro atoms. The first kappa shape index (κ1) is 19.6. The first-order valence-electron chi connectivity index (χ1n) is 9.94. The minimum absolute atomic E-state index is 0.235. The molecule has 3 aromatic carbocycles. The molecular formula is C26H16N4OS. The number of anilines is 1. The van der Waals surface area contributed by atoms with Crippen LogP contribution < -0.4 is 5.32 Å². The van der Waals surface area contributed by atoms with Crippen molar-refractivity contribution in [1.29, 1.82) is 5.26 Å². The summed E-state index contributed by atoms with van der Waals surface area (Å²) < 4.78 is 0. The summed E-state index contributed by atoms with van der Waals surface area (Å²) in [6.07, 6.45) is 0. The van der Waals surface area contributed by atoms with Crippen LogP contribution in [0.4, 0.5) is 5.13 Å². The fraction of sp³-hybridized carbons (Fsp3) is 0. The molecule has 6 heteroatoms. The average molecular weight is 433 g/mol. The van der Waals surface area contributed by atoms with Crippen LogP contribution in [0, 0.1) is 11.3 Å². The number of hydrogen-bond donors (Lipinski definition) is 1. The van der Waals surface area contributed by atoms with E-state index in [1.54, 1.807) is 12.1 Å². The van der Waals surface area contributed by atoms with Crippen molar-refractivity contribution in [3.05, 3.63) is 101 Å². The molecule has 0 atom stereocenters. The van der Waals surface area contributed by atoms with Gasteiger partial charge >= 0.3 is 0 Å². The van der Waals surface area contributed by atoms with E-state index >= 15 is 0 Å². The molecule has 32 heavy (non-hydrogen) atoms. The topological polar surface area (TPSA) is 78.7 Å². The molecule has 5 rings (SSSR count). The minimum atomic E-state index is -0.235. The second kappa shape index (κ2) is 8.42. The molecule has 0 radical (unpaired) electrons. The molecule has 0 aliphatic heterocycles. The highest BCUT2D eigenvalue weighted by Crippen LogP contribution is 2.28. The van der Waals surface area contributed by atoms with Gasteiger partial charge in [-0.1, -0.05) is 60.7 Å². The summed E-state index contributed by atoms with van der Waals surface area (Å²) in [7, 11) is 0. The Morgan fingerprint density at radius 1 is 0.844 bits per heavy atom. The molecule has 0 fully saturated rings. The summed E-state index contributed by atoms with van der Waals surface area (Å²) in [6, 6.07) is 28.5. The van der Waals surface area contributed by atoms with Crippen LogP contribution >= 0.6 is 11.3 Å². The lowest BCUT2D eigenvalue weighted by Crippen LogP contribution is -2.13. The Morgan fingerprint density at radius 3 is 2.34 bits per heavy atom. The van der Waals surface area contributed by atoms with Crippen LogP contribution in [0.25, 0.3) is 33.4 Å². The summed E-state index contributed by atoms with van der Waals surface area (Å²) in [5.74, 6) is -0.235. The van der Waals surface area contributed by atoms with Crippen LogP contribution in [-0.4, -0.2) is 15.9 Å². The molecule has 152 valence electrons. The molecule has 2 heterocycles. The third-order valence-electron chi connectivity index (χ3n) is 5.06. The Kier molecular flexibility index (Phi) is 5.16. The van der Waals surface area contributed by atoms with Gasteiger partial charge in [0.2, 0.25) is 0 Å². The zero-order valence-electron chi connectivity index (χ0n) is 16.8. The third kappa shape index (κ3) is 3.85. The van der Waals surface area contributed by atoms with Crippen molar-refractivity contribution < 1.29 is 4.79 Å². The number of amides is 1. The Bertz CT molecular complexity index is 1470. The highest BCUT2D eigenvalue weighted by atomic mass is 32.1. The van der Waals surface area contributed by atoms with Gasteiger partial charge in [0.1, 0.15) is 0 Å². The number of thiazole rings is 1. The number of benzene rings is 3. The summed E-state index contributed by atoms with van der Waals surface area (Å²) in [5.41, 5.74) is 5.23. The number of carbonyl (C=O) groups is 1. The Balaban J connectivity index is 1.47. The maximum atomic E-state index is 13.2. The largest absolute Gasteiger partial charge is 0.298 e. The number of rotatable bonds is 4. The number of hydrogen-bond acceptors (Lipinski definition) is 5. The van der Waals surface area contributed by atoms with E-state index in [9.17, 15) is 4.79 Å². The lowest BCUT2D eigenvalue weighted by atomic mass is 10.0. The summed E-state index contributed by atoms with van der Waals surface area (Å²) in [4.78, 5) is 22.5. The number of para-hydroxylation sites is 1. The van der Waals surface area contributed by atoms with Gasteiger partial charge in [-0.05, 0) is 24.3 Å². The van der Waals surface area contributed by atoms with Gasteiger partial charge in [-0.2, -0.15) is 5.26 Å². The summed E-state index contributed by atoms with van der Waals surface area (Å²) in [5, 5.41) is 15.1. The van der Waals surface area contributed by atoms with Gasteiger partial charge in [0, 0.05) is 21.9 Å². The van der Waals surface area contributed by atoms with Gasteiger partial charge in [0.25, 0.3) is 5.91 Å². The highest BCUT2D eigenvalue weighted by molar-refractivity contribution is 7.14. The molecule has 0 aliphatic carbocycles. The monoisotopic (exact) mass is 432 g/mol. The highest BCUT2D eigenvalue weighted by Gasteiger charge is 2.16. The van der Waals surface area contributed by atoms with Gasteiger partial charge in [0.05, 0.1) is 34.1 Å². The normalized spacial score (nSPS) is 10.6. The van der Waals surface area contributed by atoms with Gasteiger partial charge in [-0.3, -0.25) is 10.1 Å². The summed E-state index contributed by atoms with van der Waals surface area (Å²) in [6.45, 7) is 0. The molecule has 5 aromatic rings. The van der Waals surface area contributed by atoms with E-state index in [2.05, 4.69) is 16.4 Å². The second-order valence-corrected chi connectivity index (χ2v) is 7.98. The van der Waals surface area contributed by atoms with Gasteiger partial charge in [0.15, 0.2) is 5.13 Å². The number of nitrogens with one attached hydrogen (secondary N) is 1. The second-order valence-electron chi connectivity index (χ2n) is 7.12. The molecular weight excluding hydrogens is 416 g/mol. The van der Waals surface area contributed by atoms with Crippen molar-refractivity contribution in [2.24, 2.45) is 0 Å². The molecule has 5 nitrogen and oxygen atoms in total. The van der Waals surface area contributed by atoms with Crippen LogP contribution in [0.5, 0.6) is 0 Å². The minimum Gasteiger partial charge on any atom is -0.298 e. The maximum Gasteiger partial charge on any atom is 0.258 e. The van der Waals surface area contributed by atoms with Crippen LogP contribution in [0.15, 0.2) is 90.3 Å². The number of nitriles is 1. The first-order chi connectivity index (χ1) is 15.7. The van der Waals surface area contributed by atoms with Gasteiger partial charge in [-0.15, -0.1) is 11.3 Å². The molecule has 1 N–H and O–H groups in total. The number of carbonyl (C=O) groups excluding carboxylic acids is 1. The number of nitrogens with zero attached hydrogens (tertiary/aromatic N) is 3. The zero-order chi connectivity index (χ0) is 21.9. The number of aromatic nitrogens is 2. The van der Waals surface area contributed by atoms with Crippen molar-refractivity contribution in [2.75, 3.05) is 5.32 Å². The van der Waals surface area contributed by atoms with E-state index in [-0.39, 0.29) is 5.91 Å². The van der Waals surface area contributed by atoms with Gasteiger partial charge < -0.3 is 0 Å². The maximum absolute atomic E-state index is 13.2. The van der Waals surface area contributed by atoms with E-state index in [1.165, 1.54) is 11.3 Å². The van der Waals surface area contributed by atoms with Crippen molar-refractivity contribution in [1.82, 2.24) is 9.97 Å². The SMILES string of the molecule is N#Cc1ccc(-c2csc(NC(=O)c3cc(-c4ccccc4)nc4ccccc34)n2)cc1. The van der Waals surface area contributed by atoms with Crippen molar-refractivity contribution in [2.45, 2.75) is 0 Å². The third-order valence-corrected chi connectivity index (χ3v) is 5.82. The average Bonchev–Trinajstić information content (AvgIpc) is 3.32. The van der Waals surface area contributed by atoms with Crippen LogP contribution in [0.2, 0.25) is 0 Å². The number of pyridine rings is 1. The quantitative estimate of drug-likeness (QED) is 0.369. The van der Waals surface area contributed by atoms with Crippen LogP contribution in [0.3, 0.4) is 0 Å². The fourth-order valence-corrected chi connectivity index (χ4v) is 4.18. The Hall–Kier alpha value is -4.34. The van der Waals surface area contributed by atoms with E-state index in [0.29, 0.717) is 16.3 Å². The Labute approximate surface area is 188 Å². The van der Waals surface area contributed by atoms with Crippen LogP contribution in [0.1, 0.15) is 15.9 Å².